The number of ether oxygens (including phenoxy) is 1. The van der Waals surface area contributed by atoms with Gasteiger partial charge in [0.2, 0.25) is 5.91 Å². The minimum atomic E-state index is -0.939. The number of fused-ring (bicyclic) bond motifs is 1. The van der Waals surface area contributed by atoms with Crippen molar-refractivity contribution in [2.45, 2.75) is 38.0 Å². The molecular weight excluding hydrogens is 448 g/mol. The first-order chi connectivity index (χ1) is 16.9. The quantitative estimate of drug-likeness (QED) is 0.569. The fourth-order valence-corrected chi connectivity index (χ4v) is 4.85. The standard InChI is InChI=1S/C27H26N2O6/c1-16-20(14-24(35-16)18-7-3-2-4-8-18)26(32)28-21(13-17-6-5-9-19(30)12-17)27(33)29-11-10-23-25(29)22(31)15-34-23/h2-9,12,14,21,23,25,30H,10-11,13,15H2,1H3,(H,28,32). The second-order valence-corrected chi connectivity index (χ2v) is 8.93. The predicted molar refractivity (Wildman–Crippen MR) is 127 cm³/mol. The van der Waals surface area contributed by atoms with Gasteiger partial charge >= 0.3 is 0 Å². The van der Waals surface area contributed by atoms with Crippen LogP contribution < -0.4 is 5.32 Å². The molecule has 2 saturated heterocycles. The van der Waals surface area contributed by atoms with E-state index >= 15 is 0 Å². The van der Waals surface area contributed by atoms with Crippen molar-refractivity contribution in [2.24, 2.45) is 0 Å². The number of Topliss-reactive ketones (excluding diaryl/α,β-unsaturated/α-hetero) is 1. The molecule has 5 rings (SSSR count). The van der Waals surface area contributed by atoms with Gasteiger partial charge in [0.15, 0.2) is 5.78 Å². The van der Waals surface area contributed by atoms with E-state index in [9.17, 15) is 19.5 Å². The number of rotatable bonds is 6. The lowest BCUT2D eigenvalue weighted by atomic mass is 10.0. The summed E-state index contributed by atoms with van der Waals surface area (Å²) in [5.74, 6) is 0.139. The van der Waals surface area contributed by atoms with Gasteiger partial charge in [0.05, 0.1) is 11.7 Å². The van der Waals surface area contributed by atoms with Crippen molar-refractivity contribution in [2.75, 3.05) is 13.2 Å². The summed E-state index contributed by atoms with van der Waals surface area (Å²) in [5.41, 5.74) is 1.85. The third kappa shape index (κ3) is 4.57. The Balaban J connectivity index is 1.41. The summed E-state index contributed by atoms with van der Waals surface area (Å²) in [6, 6.07) is 16.1. The molecule has 2 fully saturated rings. The second kappa shape index (κ2) is 9.38. The Morgan fingerprint density at radius 2 is 1.94 bits per heavy atom. The number of nitrogens with zero attached hydrogens (tertiary/aromatic N) is 1. The molecule has 8 nitrogen and oxygen atoms in total. The molecule has 3 unspecified atom stereocenters. The summed E-state index contributed by atoms with van der Waals surface area (Å²) in [6.07, 6.45) is 0.439. The highest BCUT2D eigenvalue weighted by Crippen LogP contribution is 2.29. The van der Waals surface area contributed by atoms with Crippen molar-refractivity contribution in [1.82, 2.24) is 10.2 Å². The van der Waals surface area contributed by atoms with Crippen LogP contribution in [0.25, 0.3) is 11.3 Å². The van der Waals surface area contributed by atoms with E-state index in [1.165, 1.54) is 4.90 Å². The number of likely N-dealkylation sites (tertiary alicyclic amines) is 1. The van der Waals surface area contributed by atoms with Crippen molar-refractivity contribution in [3.05, 3.63) is 77.6 Å². The Morgan fingerprint density at radius 1 is 1.14 bits per heavy atom. The molecular formula is C27H26N2O6. The van der Waals surface area contributed by atoms with E-state index in [1.54, 1.807) is 37.3 Å². The summed E-state index contributed by atoms with van der Waals surface area (Å²) in [5, 5.41) is 12.7. The van der Waals surface area contributed by atoms with Gasteiger partial charge in [-0.1, -0.05) is 42.5 Å². The van der Waals surface area contributed by atoms with E-state index in [4.69, 9.17) is 9.15 Å². The number of ketones is 1. The lowest BCUT2D eigenvalue weighted by Crippen LogP contribution is -2.53. The van der Waals surface area contributed by atoms with Gasteiger partial charge in [-0.2, -0.15) is 0 Å². The van der Waals surface area contributed by atoms with E-state index in [0.29, 0.717) is 35.6 Å². The minimum Gasteiger partial charge on any atom is -0.508 e. The van der Waals surface area contributed by atoms with Crippen molar-refractivity contribution < 1.29 is 28.6 Å². The zero-order chi connectivity index (χ0) is 24.5. The Kier molecular flexibility index (Phi) is 6.13. The Morgan fingerprint density at radius 3 is 2.71 bits per heavy atom. The molecule has 2 aliphatic rings. The van der Waals surface area contributed by atoms with Crippen molar-refractivity contribution in [3.63, 3.8) is 0 Å². The van der Waals surface area contributed by atoms with E-state index < -0.39 is 18.0 Å². The highest BCUT2D eigenvalue weighted by Gasteiger charge is 2.48. The average molecular weight is 475 g/mol. The maximum Gasteiger partial charge on any atom is 0.255 e. The number of phenols is 1. The third-order valence-corrected chi connectivity index (χ3v) is 6.57. The number of nitrogens with one attached hydrogen (secondary N) is 1. The molecule has 2 N–H and O–H groups in total. The smallest absolute Gasteiger partial charge is 0.255 e. The topological polar surface area (TPSA) is 109 Å². The van der Waals surface area contributed by atoms with Gasteiger partial charge in [-0.15, -0.1) is 0 Å². The van der Waals surface area contributed by atoms with Crippen LogP contribution in [0, 0.1) is 6.92 Å². The van der Waals surface area contributed by atoms with Crippen LogP contribution in [0.2, 0.25) is 0 Å². The van der Waals surface area contributed by atoms with Crippen LogP contribution in [-0.2, 0) is 20.7 Å². The molecule has 0 spiro atoms. The van der Waals surface area contributed by atoms with Gasteiger partial charge < -0.3 is 24.5 Å². The first-order valence-corrected chi connectivity index (χ1v) is 11.6. The molecule has 0 radical (unpaired) electrons. The summed E-state index contributed by atoms with van der Waals surface area (Å²) in [7, 11) is 0. The number of furan rings is 1. The minimum absolute atomic E-state index is 0.000820. The molecule has 1 aromatic heterocycles. The number of carbonyl (C=O) groups is 3. The van der Waals surface area contributed by atoms with Crippen LogP contribution in [0.3, 0.4) is 0 Å². The second-order valence-electron chi connectivity index (χ2n) is 8.93. The van der Waals surface area contributed by atoms with E-state index in [1.807, 2.05) is 30.3 Å². The Bertz CT molecular complexity index is 1270. The molecule has 2 aliphatic heterocycles. The highest BCUT2D eigenvalue weighted by atomic mass is 16.5. The summed E-state index contributed by atoms with van der Waals surface area (Å²) < 4.78 is 11.3. The van der Waals surface area contributed by atoms with Gasteiger partial charge in [0.25, 0.3) is 5.91 Å². The predicted octanol–water partition coefficient (Wildman–Crippen LogP) is 2.87. The lowest BCUT2D eigenvalue weighted by molar-refractivity contribution is -0.138. The fraction of sp³-hybridized carbons (Fsp3) is 0.296. The van der Waals surface area contributed by atoms with Crippen LogP contribution in [0.15, 0.2) is 65.1 Å². The summed E-state index contributed by atoms with van der Waals surface area (Å²) >= 11 is 0. The van der Waals surface area contributed by atoms with Gasteiger partial charge in [0, 0.05) is 18.5 Å². The molecule has 3 heterocycles. The molecule has 0 saturated carbocycles. The maximum atomic E-state index is 13.6. The van der Waals surface area contributed by atoms with E-state index in [2.05, 4.69) is 5.32 Å². The zero-order valence-electron chi connectivity index (χ0n) is 19.3. The van der Waals surface area contributed by atoms with Crippen LogP contribution in [0.4, 0.5) is 0 Å². The molecule has 0 aliphatic carbocycles. The number of hydrogen-bond donors (Lipinski definition) is 2. The van der Waals surface area contributed by atoms with Crippen LogP contribution in [-0.4, -0.2) is 58.9 Å². The maximum absolute atomic E-state index is 13.6. The molecule has 0 bridgehead atoms. The number of phenolic OH excluding ortho intramolecular Hbond substituents is 1. The average Bonchev–Trinajstić information content (AvgIpc) is 3.55. The zero-order valence-corrected chi connectivity index (χ0v) is 19.3. The molecule has 2 amide bonds. The monoisotopic (exact) mass is 474 g/mol. The van der Waals surface area contributed by atoms with Crippen LogP contribution in [0.5, 0.6) is 5.75 Å². The number of hydrogen-bond acceptors (Lipinski definition) is 6. The molecule has 8 heteroatoms. The van der Waals surface area contributed by atoms with Crippen molar-refractivity contribution in [3.8, 4) is 17.1 Å². The van der Waals surface area contributed by atoms with E-state index in [-0.39, 0.29) is 36.6 Å². The Labute approximate surface area is 202 Å². The van der Waals surface area contributed by atoms with Gasteiger partial charge in [0.1, 0.15) is 36.0 Å². The Hall–Kier alpha value is -3.91. The molecule has 2 aromatic carbocycles. The van der Waals surface area contributed by atoms with Crippen LogP contribution >= 0.6 is 0 Å². The number of amides is 2. The molecule has 3 atom stereocenters. The SMILES string of the molecule is Cc1oc(-c2ccccc2)cc1C(=O)NC(Cc1cccc(O)c1)C(=O)N1CCC2OCC(=O)C21. The van der Waals surface area contributed by atoms with Crippen LogP contribution in [0.1, 0.15) is 28.1 Å². The highest BCUT2D eigenvalue weighted by molar-refractivity contribution is 6.00. The normalized spacial score (nSPS) is 20.0. The number of benzene rings is 2. The van der Waals surface area contributed by atoms with E-state index in [0.717, 1.165) is 5.56 Å². The largest absolute Gasteiger partial charge is 0.508 e. The summed E-state index contributed by atoms with van der Waals surface area (Å²) in [6.45, 7) is 2.08. The third-order valence-electron chi connectivity index (χ3n) is 6.57. The summed E-state index contributed by atoms with van der Waals surface area (Å²) in [4.78, 5) is 40.8. The van der Waals surface area contributed by atoms with Crippen molar-refractivity contribution in [1.29, 1.82) is 0 Å². The number of carbonyl (C=O) groups excluding carboxylic acids is 3. The lowest BCUT2D eigenvalue weighted by Gasteiger charge is -2.27. The van der Waals surface area contributed by atoms with Gasteiger partial charge in [-0.3, -0.25) is 14.4 Å². The van der Waals surface area contributed by atoms with Crippen molar-refractivity contribution >= 4 is 17.6 Å². The molecule has 3 aromatic rings. The van der Waals surface area contributed by atoms with Gasteiger partial charge in [-0.05, 0) is 37.1 Å². The first kappa shape index (κ1) is 22.9. The molecule has 180 valence electrons. The fourth-order valence-electron chi connectivity index (χ4n) is 4.85. The number of aromatic hydroxyl groups is 1. The van der Waals surface area contributed by atoms with Gasteiger partial charge in [-0.25, -0.2) is 0 Å². The molecule has 35 heavy (non-hydrogen) atoms. The first-order valence-electron chi connectivity index (χ1n) is 11.6. The number of aryl methyl sites for hydroxylation is 1.